The van der Waals surface area contributed by atoms with Crippen LogP contribution in [0.3, 0.4) is 0 Å². The average Bonchev–Trinajstić information content (AvgIpc) is 3.26. The van der Waals surface area contributed by atoms with Gasteiger partial charge in [0.1, 0.15) is 42.3 Å². The van der Waals surface area contributed by atoms with Crippen LogP contribution in [0.1, 0.15) is 77.8 Å². The predicted octanol–water partition coefficient (Wildman–Crippen LogP) is 0.775. The van der Waals surface area contributed by atoms with Crippen molar-refractivity contribution >= 4 is 47.3 Å². The van der Waals surface area contributed by atoms with Crippen LogP contribution in [-0.4, -0.2) is 155 Å². The van der Waals surface area contributed by atoms with E-state index in [2.05, 4.69) is 21.3 Å². The third-order valence-corrected chi connectivity index (χ3v) is 11.9. The molecule has 2 aliphatic rings. The highest BCUT2D eigenvalue weighted by molar-refractivity contribution is 5.99. The number of hydrogen-bond acceptors (Lipinski definition) is 9. The number of nitrogens with one attached hydrogen (secondary N) is 4. The first kappa shape index (κ1) is 49.8. The van der Waals surface area contributed by atoms with E-state index in [-0.39, 0.29) is 25.2 Å². The molecule has 2 aromatic carbocycles. The van der Waals surface area contributed by atoms with E-state index >= 15 is 0 Å². The summed E-state index contributed by atoms with van der Waals surface area (Å²) < 4.78 is 0. The van der Waals surface area contributed by atoms with Gasteiger partial charge in [0, 0.05) is 47.1 Å². The zero-order chi connectivity index (χ0) is 46.5. The van der Waals surface area contributed by atoms with Crippen molar-refractivity contribution in [1.82, 2.24) is 40.9 Å². The van der Waals surface area contributed by atoms with Crippen LogP contribution in [0.5, 0.6) is 0 Å². The van der Waals surface area contributed by atoms with Gasteiger partial charge >= 0.3 is 0 Å². The molecule has 8 atom stereocenters. The number of likely N-dealkylation sites (N-methyl/N-ethyl adjacent to an activating group) is 3. The highest BCUT2D eigenvalue weighted by Crippen LogP contribution is 2.18. The number of rotatable bonds is 8. The molecule has 8 amide bonds. The molecule has 4 rings (SSSR count). The molecule has 2 aromatic rings. The highest BCUT2D eigenvalue weighted by Gasteiger charge is 2.40. The van der Waals surface area contributed by atoms with E-state index in [1.807, 2.05) is 13.8 Å². The Labute approximate surface area is 370 Å². The number of carbonyl (C=O) groups excluding carboxylic acids is 8. The molecule has 0 bridgehead atoms. The predicted molar refractivity (Wildman–Crippen MR) is 235 cm³/mol. The van der Waals surface area contributed by atoms with E-state index in [0.29, 0.717) is 24.2 Å². The van der Waals surface area contributed by atoms with E-state index in [9.17, 15) is 43.5 Å². The summed E-state index contributed by atoms with van der Waals surface area (Å²) in [5.74, 6) is -5.65. The molecule has 344 valence electrons. The minimum absolute atomic E-state index is 0.00201. The lowest BCUT2D eigenvalue weighted by Gasteiger charge is -2.36. The molecule has 2 aliphatic heterocycles. The van der Waals surface area contributed by atoms with Crippen LogP contribution in [0.25, 0.3) is 0 Å². The van der Waals surface area contributed by atoms with Crippen molar-refractivity contribution in [3.05, 3.63) is 71.8 Å². The summed E-state index contributed by atoms with van der Waals surface area (Å²) in [4.78, 5) is 118. The first-order chi connectivity index (χ1) is 29.8. The second-order valence-electron chi connectivity index (χ2n) is 17.3. The topological polar surface area (TPSA) is 218 Å². The van der Waals surface area contributed by atoms with Crippen LogP contribution in [-0.2, 0) is 51.2 Å². The molecule has 2 saturated heterocycles. The van der Waals surface area contributed by atoms with Crippen LogP contribution in [0, 0.1) is 5.92 Å². The van der Waals surface area contributed by atoms with Gasteiger partial charge in [-0.25, -0.2) is 0 Å². The largest absolute Gasteiger partial charge is 0.391 e. The van der Waals surface area contributed by atoms with Crippen molar-refractivity contribution in [2.24, 2.45) is 5.92 Å². The van der Waals surface area contributed by atoms with E-state index in [1.54, 1.807) is 65.6 Å². The van der Waals surface area contributed by atoms with E-state index in [0.717, 1.165) is 29.1 Å². The molecule has 2 fully saturated rings. The molecule has 5 N–H and O–H groups in total. The highest BCUT2D eigenvalue weighted by atomic mass is 16.3. The fraction of sp³-hybridized carbons (Fsp3) is 0.565. The van der Waals surface area contributed by atoms with Crippen LogP contribution in [0.2, 0.25) is 0 Å². The molecule has 17 heteroatoms. The van der Waals surface area contributed by atoms with Gasteiger partial charge in [0.05, 0.1) is 12.5 Å². The van der Waals surface area contributed by atoms with E-state index in [1.165, 1.54) is 46.8 Å². The first-order valence-corrected chi connectivity index (χ1v) is 21.9. The Morgan fingerprint density at radius 1 is 0.651 bits per heavy atom. The number of nitrogens with zero attached hydrogens (tertiary/aromatic N) is 4. The Morgan fingerprint density at radius 2 is 1.16 bits per heavy atom. The molecule has 0 saturated carbocycles. The Bertz CT molecular complexity index is 1920. The number of amides is 8. The summed E-state index contributed by atoms with van der Waals surface area (Å²) in [6.07, 6.45) is 0.533. The van der Waals surface area contributed by atoms with Gasteiger partial charge < -0.3 is 46.0 Å². The van der Waals surface area contributed by atoms with Gasteiger partial charge in [0.25, 0.3) is 0 Å². The van der Waals surface area contributed by atoms with Crippen LogP contribution in [0.4, 0.5) is 0 Å². The minimum Gasteiger partial charge on any atom is -0.391 e. The normalized spacial score (nSPS) is 26.3. The van der Waals surface area contributed by atoms with Gasteiger partial charge in [-0.3, -0.25) is 38.4 Å². The van der Waals surface area contributed by atoms with Gasteiger partial charge in [-0.15, -0.1) is 0 Å². The zero-order valence-electron chi connectivity index (χ0n) is 37.8. The molecule has 0 aliphatic carbocycles. The third-order valence-electron chi connectivity index (χ3n) is 11.9. The second kappa shape index (κ2) is 23.0. The third kappa shape index (κ3) is 13.6. The minimum atomic E-state index is -1.59. The first-order valence-electron chi connectivity index (χ1n) is 21.9. The zero-order valence-corrected chi connectivity index (χ0v) is 37.8. The number of benzene rings is 2. The van der Waals surface area contributed by atoms with Gasteiger partial charge in [-0.1, -0.05) is 74.5 Å². The molecule has 17 nitrogen and oxygen atoms in total. The Hall–Kier alpha value is -5.84. The lowest BCUT2D eigenvalue weighted by Crippen LogP contribution is -2.63. The van der Waals surface area contributed by atoms with Crippen molar-refractivity contribution < 1.29 is 43.5 Å². The molecule has 63 heavy (non-hydrogen) atoms. The maximum absolute atomic E-state index is 14.5. The Kier molecular flexibility index (Phi) is 18.2. The molecular weight excluding hydrogens is 809 g/mol. The quantitative estimate of drug-likeness (QED) is 0.253. The number of likely N-dealkylation sites (tertiary alicyclic amines) is 1. The number of aliphatic hydroxyl groups excluding tert-OH is 1. The van der Waals surface area contributed by atoms with Crippen molar-refractivity contribution in [3.63, 3.8) is 0 Å². The smallest absolute Gasteiger partial charge is 0.248 e. The molecule has 0 aromatic heterocycles. The molecule has 2 heterocycles. The summed E-state index contributed by atoms with van der Waals surface area (Å²) in [6, 6.07) is 8.78. The van der Waals surface area contributed by atoms with Gasteiger partial charge in [-0.05, 0) is 63.5 Å². The molecule has 0 radical (unpaired) electrons. The maximum atomic E-state index is 14.5. The summed E-state index contributed by atoms with van der Waals surface area (Å²) in [6.45, 7) is 8.80. The van der Waals surface area contributed by atoms with Crippen molar-refractivity contribution in [2.75, 3.05) is 34.2 Å². The standard InChI is InChI=1S/C46H66N8O9/c1-28(2)24-34-40(57)49-35(45(62)54-22-16-11-17-23-54)27-38(56)47-29(3)43(60)51(6)30(4)44(61)52(7)37(26-33-20-14-10-15-21-33)42(59)50-39(31(5)55)46(63)53(8)36(41(58)48-34)25-32-18-12-9-13-19-32/h9-10,12-15,18-21,28-31,34-37,39,55H,11,16-17,22-27H2,1-8H3,(H,47,56)(H,48,58)(H,49,57)(H,50,59)/t29-,30-,31+,34-,35-,36-,37-,39-/m0/s1. The Morgan fingerprint density at radius 3 is 1.67 bits per heavy atom. The van der Waals surface area contributed by atoms with Gasteiger partial charge in [0.2, 0.25) is 47.3 Å². The monoisotopic (exact) mass is 874 g/mol. The van der Waals surface area contributed by atoms with Crippen LogP contribution < -0.4 is 21.3 Å². The fourth-order valence-corrected chi connectivity index (χ4v) is 7.93. The lowest BCUT2D eigenvalue weighted by atomic mass is 9.99. The van der Waals surface area contributed by atoms with Crippen molar-refractivity contribution in [1.29, 1.82) is 0 Å². The summed E-state index contributed by atoms with van der Waals surface area (Å²) in [5, 5.41) is 21.9. The van der Waals surface area contributed by atoms with E-state index < -0.39 is 102 Å². The summed E-state index contributed by atoms with van der Waals surface area (Å²) in [7, 11) is 4.16. The molecule has 0 spiro atoms. The van der Waals surface area contributed by atoms with Crippen molar-refractivity contribution in [2.45, 2.75) is 128 Å². The lowest BCUT2D eigenvalue weighted by molar-refractivity contribution is -0.149. The number of piperidine rings is 1. The Balaban J connectivity index is 1.82. The summed E-state index contributed by atoms with van der Waals surface area (Å²) >= 11 is 0. The van der Waals surface area contributed by atoms with Crippen LogP contribution >= 0.6 is 0 Å². The molecular formula is C46H66N8O9. The SMILES string of the molecule is CC(C)C[C@@H]1NC(=O)[C@H](Cc2ccccc2)N(C)C(=O)[C@H]([C@@H](C)O)NC(=O)[C@H](Cc2ccccc2)N(C)C(=O)[C@H](C)N(C)C(=O)[C@H](C)NC(=O)C[C@@H](C(=O)N2CCCCC2)NC1=O. The van der Waals surface area contributed by atoms with Gasteiger partial charge in [-0.2, -0.15) is 0 Å². The van der Waals surface area contributed by atoms with E-state index in [4.69, 9.17) is 0 Å². The van der Waals surface area contributed by atoms with Crippen molar-refractivity contribution in [3.8, 4) is 0 Å². The second-order valence-corrected chi connectivity index (χ2v) is 17.3. The van der Waals surface area contributed by atoms with Gasteiger partial charge in [0.15, 0.2) is 0 Å². The average molecular weight is 875 g/mol. The number of hydrogen-bond donors (Lipinski definition) is 5. The number of carbonyl (C=O) groups is 8. The van der Waals surface area contributed by atoms with Crippen LogP contribution in [0.15, 0.2) is 60.7 Å². The number of aliphatic hydroxyl groups is 1. The maximum Gasteiger partial charge on any atom is 0.248 e. The summed E-state index contributed by atoms with van der Waals surface area (Å²) in [5.41, 5.74) is 1.36. The molecule has 0 unspecified atom stereocenters. The fourth-order valence-electron chi connectivity index (χ4n) is 7.93.